The molecule has 2 fully saturated rings. The summed E-state index contributed by atoms with van der Waals surface area (Å²) in [6.45, 7) is 2.38. The molecule has 3 heterocycles. The molecule has 0 unspecified atom stereocenters. The highest BCUT2D eigenvalue weighted by Gasteiger charge is 2.21. The summed E-state index contributed by atoms with van der Waals surface area (Å²) >= 11 is 0. The minimum absolute atomic E-state index is 0.265. The third-order valence-corrected chi connectivity index (χ3v) is 6.56. The number of hydrogen-bond donors (Lipinski definition) is 0. The Hall–Kier alpha value is -2.74. The minimum Gasteiger partial charge on any atom is -0.378 e. The average Bonchev–Trinajstić information content (AvgIpc) is 3.47. The molecule has 164 valence electrons. The van der Waals surface area contributed by atoms with E-state index in [2.05, 4.69) is 10.1 Å². The molecule has 0 amide bonds. The van der Waals surface area contributed by atoms with E-state index in [1.807, 2.05) is 16.5 Å². The van der Waals surface area contributed by atoms with Crippen molar-refractivity contribution in [3.05, 3.63) is 40.3 Å². The zero-order chi connectivity index (χ0) is 21.4. The molecular formula is C23H27FN4O3. The smallest absolute Gasteiger partial charge is 0.226 e. The Kier molecular flexibility index (Phi) is 5.48. The predicted octanol–water partition coefficient (Wildman–Crippen LogP) is 3.69. The van der Waals surface area contributed by atoms with E-state index in [1.54, 1.807) is 12.3 Å². The number of anilines is 1. The largest absolute Gasteiger partial charge is 0.378 e. The van der Waals surface area contributed by atoms with Crippen molar-refractivity contribution in [3.63, 3.8) is 0 Å². The fourth-order valence-corrected chi connectivity index (χ4v) is 4.79. The van der Waals surface area contributed by atoms with Crippen LogP contribution >= 0.6 is 0 Å². The van der Waals surface area contributed by atoms with Gasteiger partial charge < -0.3 is 18.7 Å². The fourth-order valence-electron chi connectivity index (χ4n) is 4.79. The molecule has 1 aliphatic carbocycles. The number of halogens is 1. The Morgan fingerprint density at radius 2 is 1.97 bits per heavy atom. The van der Waals surface area contributed by atoms with Crippen LogP contribution in [0.1, 0.15) is 38.0 Å². The summed E-state index contributed by atoms with van der Waals surface area (Å²) in [6.07, 6.45) is 8.61. The molecule has 5 rings (SSSR count). The van der Waals surface area contributed by atoms with Crippen molar-refractivity contribution in [3.8, 4) is 11.4 Å². The zero-order valence-corrected chi connectivity index (χ0v) is 17.8. The number of benzene rings is 1. The molecule has 3 aromatic rings. The second kappa shape index (κ2) is 8.42. The van der Waals surface area contributed by atoms with Crippen LogP contribution in [0.5, 0.6) is 0 Å². The van der Waals surface area contributed by atoms with Crippen molar-refractivity contribution >= 4 is 16.6 Å². The first-order chi connectivity index (χ1) is 15.1. The molecule has 1 saturated heterocycles. The summed E-state index contributed by atoms with van der Waals surface area (Å²) in [5, 5.41) is 4.35. The van der Waals surface area contributed by atoms with E-state index in [0.717, 1.165) is 18.8 Å². The van der Waals surface area contributed by atoms with Crippen LogP contribution < -0.4 is 10.3 Å². The summed E-state index contributed by atoms with van der Waals surface area (Å²) in [7, 11) is 1.84. The SMILES string of the molecule is Cn1cc(-c2noc(CCC3CCCC3)n2)c(=O)c2cc(F)c(N3CCOCC3)cc21. The number of ether oxygens (including phenoxy) is 1. The molecule has 0 bridgehead atoms. The third kappa shape index (κ3) is 3.96. The number of morpholine rings is 1. The normalized spacial score (nSPS) is 17.7. The number of aromatic nitrogens is 3. The van der Waals surface area contributed by atoms with Gasteiger partial charge in [0.15, 0.2) is 0 Å². The second-order valence-electron chi connectivity index (χ2n) is 8.60. The summed E-state index contributed by atoms with van der Waals surface area (Å²) in [5.41, 5.74) is 1.20. The van der Waals surface area contributed by atoms with Crippen LogP contribution in [-0.4, -0.2) is 41.0 Å². The van der Waals surface area contributed by atoms with Gasteiger partial charge in [0.25, 0.3) is 0 Å². The van der Waals surface area contributed by atoms with Gasteiger partial charge in [-0.25, -0.2) is 4.39 Å². The van der Waals surface area contributed by atoms with Crippen LogP contribution in [0.4, 0.5) is 10.1 Å². The van der Waals surface area contributed by atoms with Crippen LogP contribution in [0.25, 0.3) is 22.3 Å². The van der Waals surface area contributed by atoms with Crippen molar-refractivity contribution in [1.29, 1.82) is 0 Å². The number of rotatable bonds is 5. The molecule has 0 atom stereocenters. The molecule has 0 N–H and O–H groups in total. The molecule has 0 radical (unpaired) electrons. The van der Waals surface area contributed by atoms with Gasteiger partial charge in [0.05, 0.1) is 30.0 Å². The van der Waals surface area contributed by atoms with Crippen molar-refractivity contribution in [2.24, 2.45) is 13.0 Å². The lowest BCUT2D eigenvalue weighted by Gasteiger charge is -2.29. The Morgan fingerprint density at radius 3 is 2.74 bits per heavy atom. The first-order valence-corrected chi connectivity index (χ1v) is 11.1. The van der Waals surface area contributed by atoms with Crippen LogP contribution in [-0.2, 0) is 18.2 Å². The van der Waals surface area contributed by atoms with E-state index in [-0.39, 0.29) is 11.3 Å². The standard InChI is InChI=1S/C23H27FN4O3/c1-27-14-17(23-25-21(31-26-23)7-6-15-4-2-3-5-15)22(29)16-12-18(24)20(13-19(16)27)28-8-10-30-11-9-28/h12-15H,2-11H2,1H3. The average molecular weight is 426 g/mol. The van der Waals surface area contributed by atoms with E-state index in [0.29, 0.717) is 54.3 Å². The molecule has 1 aromatic carbocycles. The molecule has 1 aliphatic heterocycles. The van der Waals surface area contributed by atoms with Crippen LogP contribution in [0.3, 0.4) is 0 Å². The zero-order valence-electron chi connectivity index (χ0n) is 17.8. The van der Waals surface area contributed by atoms with E-state index in [9.17, 15) is 9.18 Å². The van der Waals surface area contributed by atoms with Crippen molar-refractivity contribution < 1.29 is 13.7 Å². The van der Waals surface area contributed by atoms with Gasteiger partial charge in [-0.3, -0.25) is 4.79 Å². The van der Waals surface area contributed by atoms with E-state index in [4.69, 9.17) is 9.26 Å². The molecule has 2 aromatic heterocycles. The lowest BCUT2D eigenvalue weighted by atomic mass is 10.0. The van der Waals surface area contributed by atoms with E-state index in [1.165, 1.54) is 31.7 Å². The molecule has 1 saturated carbocycles. The van der Waals surface area contributed by atoms with Crippen LogP contribution in [0.15, 0.2) is 27.6 Å². The number of fused-ring (bicyclic) bond motifs is 1. The molecular weight excluding hydrogens is 399 g/mol. The number of nitrogens with zero attached hydrogens (tertiary/aromatic N) is 4. The maximum Gasteiger partial charge on any atom is 0.226 e. The van der Waals surface area contributed by atoms with Crippen LogP contribution in [0, 0.1) is 11.7 Å². The first kappa shape index (κ1) is 20.2. The third-order valence-electron chi connectivity index (χ3n) is 6.56. The number of aryl methyl sites for hydroxylation is 2. The first-order valence-electron chi connectivity index (χ1n) is 11.1. The maximum absolute atomic E-state index is 14.9. The van der Waals surface area contributed by atoms with Crippen molar-refractivity contribution in [2.75, 3.05) is 31.2 Å². The van der Waals surface area contributed by atoms with Crippen molar-refractivity contribution in [2.45, 2.75) is 38.5 Å². The summed E-state index contributed by atoms with van der Waals surface area (Å²) < 4.78 is 27.5. The van der Waals surface area contributed by atoms with Crippen LogP contribution in [0.2, 0.25) is 0 Å². The fraction of sp³-hybridized carbons (Fsp3) is 0.522. The summed E-state index contributed by atoms with van der Waals surface area (Å²) in [5.74, 6) is 1.14. The van der Waals surface area contributed by atoms with Crippen molar-refractivity contribution in [1.82, 2.24) is 14.7 Å². The Morgan fingerprint density at radius 1 is 1.19 bits per heavy atom. The Bertz CT molecular complexity index is 1140. The molecule has 0 spiro atoms. The maximum atomic E-state index is 14.9. The van der Waals surface area contributed by atoms with Gasteiger partial charge in [-0.15, -0.1) is 0 Å². The van der Waals surface area contributed by atoms with Gasteiger partial charge in [0, 0.05) is 38.1 Å². The molecule has 2 aliphatic rings. The van der Waals surface area contributed by atoms with E-state index < -0.39 is 5.82 Å². The monoisotopic (exact) mass is 426 g/mol. The quantitative estimate of drug-likeness (QED) is 0.620. The lowest BCUT2D eigenvalue weighted by molar-refractivity contribution is 0.122. The molecule has 31 heavy (non-hydrogen) atoms. The highest BCUT2D eigenvalue weighted by molar-refractivity contribution is 5.86. The van der Waals surface area contributed by atoms with Gasteiger partial charge in [0.1, 0.15) is 5.82 Å². The number of hydrogen-bond acceptors (Lipinski definition) is 6. The molecule has 8 heteroatoms. The Balaban J connectivity index is 1.46. The predicted molar refractivity (Wildman–Crippen MR) is 116 cm³/mol. The molecule has 7 nitrogen and oxygen atoms in total. The lowest BCUT2D eigenvalue weighted by Crippen LogP contribution is -2.36. The Labute approximate surface area is 179 Å². The van der Waals surface area contributed by atoms with Gasteiger partial charge >= 0.3 is 0 Å². The highest BCUT2D eigenvalue weighted by Crippen LogP contribution is 2.29. The minimum atomic E-state index is -0.408. The summed E-state index contributed by atoms with van der Waals surface area (Å²) in [4.78, 5) is 19.6. The highest BCUT2D eigenvalue weighted by atomic mass is 19.1. The second-order valence-corrected chi connectivity index (χ2v) is 8.60. The van der Waals surface area contributed by atoms with Gasteiger partial charge in [-0.05, 0) is 24.5 Å². The van der Waals surface area contributed by atoms with Gasteiger partial charge in [0.2, 0.25) is 17.1 Å². The topological polar surface area (TPSA) is 73.4 Å². The van der Waals surface area contributed by atoms with Gasteiger partial charge in [-0.2, -0.15) is 4.98 Å². The number of pyridine rings is 1. The van der Waals surface area contributed by atoms with E-state index >= 15 is 0 Å². The van der Waals surface area contributed by atoms with Gasteiger partial charge in [-0.1, -0.05) is 30.8 Å². The summed E-state index contributed by atoms with van der Waals surface area (Å²) in [6, 6.07) is 3.07.